The molecule has 1 aromatic rings. The number of nitriles is 1. The minimum atomic E-state index is -3.19. The zero-order chi connectivity index (χ0) is 14.8. The first-order valence-electron chi connectivity index (χ1n) is 5.99. The number of aromatic nitrogens is 2. The summed E-state index contributed by atoms with van der Waals surface area (Å²) in [4.78, 5) is 0. The van der Waals surface area contributed by atoms with E-state index >= 15 is 0 Å². The van der Waals surface area contributed by atoms with Crippen LogP contribution in [0.1, 0.15) is 38.6 Å². The molecule has 0 radical (unpaired) electrons. The second kappa shape index (κ2) is 5.63. The second-order valence-corrected chi connectivity index (χ2v) is 8.60. The fourth-order valence-corrected chi connectivity index (χ4v) is 2.56. The Kier molecular flexibility index (Phi) is 4.80. The zero-order valence-electron chi connectivity index (χ0n) is 11.6. The van der Waals surface area contributed by atoms with Crippen LogP contribution in [0.15, 0.2) is 4.47 Å². The molecule has 1 heterocycles. The van der Waals surface area contributed by atoms with Crippen LogP contribution in [0.3, 0.4) is 0 Å². The van der Waals surface area contributed by atoms with Gasteiger partial charge in [0.1, 0.15) is 6.07 Å². The fourth-order valence-electron chi connectivity index (χ4n) is 1.65. The summed E-state index contributed by atoms with van der Waals surface area (Å²) in [5.74, 6) is 0. The molecular weight excluding hydrogens is 330 g/mol. The van der Waals surface area contributed by atoms with E-state index < -0.39 is 14.6 Å². The van der Waals surface area contributed by atoms with E-state index in [4.69, 9.17) is 5.26 Å². The van der Waals surface area contributed by atoms with Gasteiger partial charge in [-0.05, 0) is 36.2 Å². The number of aryl methyl sites for hydroxylation is 1. The summed E-state index contributed by atoms with van der Waals surface area (Å²) in [7, 11) is -3.19. The Hall–Kier alpha value is -0.870. The van der Waals surface area contributed by atoms with Gasteiger partial charge in [0.15, 0.2) is 15.5 Å². The Morgan fingerprint density at radius 3 is 2.47 bits per heavy atom. The van der Waals surface area contributed by atoms with Gasteiger partial charge in [0.2, 0.25) is 0 Å². The van der Waals surface area contributed by atoms with Crippen molar-refractivity contribution in [2.45, 2.75) is 44.9 Å². The number of halogens is 1. The van der Waals surface area contributed by atoms with E-state index in [1.165, 1.54) is 6.26 Å². The Morgan fingerprint density at radius 2 is 2.05 bits per heavy atom. The Bertz CT molecular complexity index is 612. The van der Waals surface area contributed by atoms with Gasteiger partial charge in [-0.15, -0.1) is 0 Å². The third kappa shape index (κ3) is 3.37. The van der Waals surface area contributed by atoms with Crippen molar-refractivity contribution < 1.29 is 8.42 Å². The maximum absolute atomic E-state index is 11.8. The summed E-state index contributed by atoms with van der Waals surface area (Å²) in [5, 5.41) is 13.2. The summed E-state index contributed by atoms with van der Waals surface area (Å²) in [6.07, 6.45) is 2.42. The molecule has 5 nitrogen and oxygen atoms in total. The van der Waals surface area contributed by atoms with E-state index in [1.54, 1.807) is 18.5 Å². The standard InChI is InChI=1S/C12H18BrN3O2S/c1-5-6-16-10(11(13)9(8-14)15-16)7-12(2,3)19(4,17)18/h5-7H2,1-4H3. The molecule has 0 atom stereocenters. The number of hydrogen-bond donors (Lipinski definition) is 0. The Balaban J connectivity index is 3.28. The van der Waals surface area contributed by atoms with E-state index in [0.29, 0.717) is 23.1 Å². The smallest absolute Gasteiger partial charge is 0.176 e. The molecule has 7 heteroatoms. The molecule has 0 saturated carbocycles. The van der Waals surface area contributed by atoms with Crippen molar-refractivity contribution in [3.05, 3.63) is 15.9 Å². The van der Waals surface area contributed by atoms with E-state index in [1.807, 2.05) is 13.0 Å². The van der Waals surface area contributed by atoms with Crippen molar-refractivity contribution in [3.63, 3.8) is 0 Å². The molecule has 106 valence electrons. The van der Waals surface area contributed by atoms with Crippen LogP contribution in [-0.4, -0.2) is 29.2 Å². The van der Waals surface area contributed by atoms with Crippen LogP contribution < -0.4 is 0 Å². The minimum Gasteiger partial charge on any atom is -0.267 e. The molecule has 0 unspecified atom stereocenters. The highest BCUT2D eigenvalue weighted by molar-refractivity contribution is 9.10. The topological polar surface area (TPSA) is 75.8 Å². The molecule has 0 aromatic carbocycles. The molecular formula is C12H18BrN3O2S. The van der Waals surface area contributed by atoms with Gasteiger partial charge >= 0.3 is 0 Å². The molecule has 0 aliphatic heterocycles. The Morgan fingerprint density at radius 1 is 1.47 bits per heavy atom. The molecule has 0 N–H and O–H groups in total. The predicted molar refractivity (Wildman–Crippen MR) is 77.6 cm³/mol. The van der Waals surface area contributed by atoms with Crippen LogP contribution >= 0.6 is 15.9 Å². The molecule has 19 heavy (non-hydrogen) atoms. The largest absolute Gasteiger partial charge is 0.267 e. The highest BCUT2D eigenvalue weighted by Gasteiger charge is 2.33. The van der Waals surface area contributed by atoms with Gasteiger partial charge in [-0.25, -0.2) is 8.42 Å². The van der Waals surface area contributed by atoms with Crippen molar-refractivity contribution >= 4 is 25.8 Å². The van der Waals surface area contributed by atoms with Gasteiger partial charge in [0.25, 0.3) is 0 Å². The molecule has 0 aliphatic rings. The van der Waals surface area contributed by atoms with Gasteiger partial charge in [-0.1, -0.05) is 6.92 Å². The van der Waals surface area contributed by atoms with Crippen molar-refractivity contribution in [2.24, 2.45) is 0 Å². The number of rotatable bonds is 5. The molecule has 0 aliphatic carbocycles. The quantitative estimate of drug-likeness (QED) is 0.818. The summed E-state index contributed by atoms with van der Waals surface area (Å²) in [5.41, 5.74) is 1.06. The van der Waals surface area contributed by atoms with Crippen LogP contribution in [0.25, 0.3) is 0 Å². The lowest BCUT2D eigenvalue weighted by Gasteiger charge is -2.23. The SMILES string of the molecule is CCCn1nc(C#N)c(Br)c1CC(C)(C)S(C)(=O)=O. The van der Waals surface area contributed by atoms with E-state index in [9.17, 15) is 8.42 Å². The summed E-state index contributed by atoms with van der Waals surface area (Å²) >= 11 is 3.35. The molecule has 1 rings (SSSR count). The summed E-state index contributed by atoms with van der Waals surface area (Å²) < 4.78 is 25.0. The van der Waals surface area contributed by atoms with Gasteiger partial charge in [-0.2, -0.15) is 10.4 Å². The van der Waals surface area contributed by atoms with Crippen molar-refractivity contribution in [1.82, 2.24) is 9.78 Å². The molecule has 0 fully saturated rings. The zero-order valence-corrected chi connectivity index (χ0v) is 14.0. The summed E-state index contributed by atoms with van der Waals surface area (Å²) in [6, 6.07) is 2.01. The van der Waals surface area contributed by atoms with Gasteiger partial charge < -0.3 is 0 Å². The molecule has 0 amide bonds. The second-order valence-electron chi connectivity index (χ2n) is 5.15. The van der Waals surface area contributed by atoms with Crippen LogP contribution in [0.2, 0.25) is 0 Å². The minimum absolute atomic E-state index is 0.299. The molecule has 1 aromatic heterocycles. The van der Waals surface area contributed by atoms with E-state index in [-0.39, 0.29) is 0 Å². The van der Waals surface area contributed by atoms with Gasteiger partial charge in [0.05, 0.1) is 14.9 Å². The predicted octanol–water partition coefficient (Wildman–Crippen LogP) is 2.29. The van der Waals surface area contributed by atoms with Crippen LogP contribution in [-0.2, 0) is 22.8 Å². The lowest BCUT2D eigenvalue weighted by Crippen LogP contribution is -2.34. The lowest BCUT2D eigenvalue weighted by molar-refractivity contribution is 0.519. The molecule has 0 spiro atoms. The highest BCUT2D eigenvalue weighted by atomic mass is 79.9. The van der Waals surface area contributed by atoms with Gasteiger partial charge in [0, 0.05) is 19.2 Å². The first-order chi connectivity index (χ1) is 8.64. The Labute approximate surface area is 122 Å². The van der Waals surface area contributed by atoms with Crippen LogP contribution in [0, 0.1) is 11.3 Å². The average molecular weight is 348 g/mol. The number of sulfone groups is 1. The van der Waals surface area contributed by atoms with Gasteiger partial charge in [-0.3, -0.25) is 4.68 Å². The lowest BCUT2D eigenvalue weighted by atomic mass is 10.1. The number of hydrogen-bond acceptors (Lipinski definition) is 4. The summed E-state index contributed by atoms with van der Waals surface area (Å²) in [6.45, 7) is 6.04. The maximum atomic E-state index is 11.8. The van der Waals surface area contributed by atoms with Crippen molar-refractivity contribution in [1.29, 1.82) is 5.26 Å². The third-order valence-electron chi connectivity index (χ3n) is 3.13. The normalized spacial score (nSPS) is 12.4. The fraction of sp³-hybridized carbons (Fsp3) is 0.667. The van der Waals surface area contributed by atoms with Crippen molar-refractivity contribution in [3.8, 4) is 6.07 Å². The first-order valence-corrected chi connectivity index (χ1v) is 8.67. The molecule has 0 bridgehead atoms. The van der Waals surface area contributed by atoms with E-state index in [2.05, 4.69) is 21.0 Å². The van der Waals surface area contributed by atoms with E-state index in [0.717, 1.165) is 12.1 Å². The van der Waals surface area contributed by atoms with Crippen LogP contribution in [0.4, 0.5) is 0 Å². The maximum Gasteiger partial charge on any atom is 0.176 e. The molecule has 0 saturated heterocycles. The van der Waals surface area contributed by atoms with Crippen molar-refractivity contribution in [2.75, 3.05) is 6.26 Å². The monoisotopic (exact) mass is 347 g/mol. The van der Waals surface area contributed by atoms with Crippen LogP contribution in [0.5, 0.6) is 0 Å². The number of nitrogens with zero attached hydrogens (tertiary/aromatic N) is 3. The highest BCUT2D eigenvalue weighted by Crippen LogP contribution is 2.28. The third-order valence-corrected chi connectivity index (χ3v) is 6.12. The average Bonchev–Trinajstić information content (AvgIpc) is 2.56. The first kappa shape index (κ1) is 16.2.